The normalized spacial score (nSPS) is 16.0. The highest BCUT2D eigenvalue weighted by Gasteiger charge is 2.28. The Morgan fingerprint density at radius 2 is 1.38 bits per heavy atom. The lowest BCUT2D eigenvalue weighted by Gasteiger charge is -2.12. The molecule has 1 unspecified atom stereocenters. The summed E-state index contributed by atoms with van der Waals surface area (Å²) in [6, 6.07) is 0. The van der Waals surface area contributed by atoms with E-state index in [1.54, 1.807) is 6.08 Å². The maximum absolute atomic E-state index is 11.6. The molecule has 140 valence electrons. The molecule has 1 atom stereocenters. The lowest BCUT2D eigenvalue weighted by Crippen LogP contribution is -2.12. The molecule has 0 amide bonds. The van der Waals surface area contributed by atoms with Crippen molar-refractivity contribution < 1.29 is 23.8 Å². The SMILES string of the molecule is CC(C)=CCC/C(C)=C/CC/C(C)=C/CNP(=O)(O)CP(=O)(O)O. The quantitative estimate of drug-likeness (QED) is 0.315. The van der Waals surface area contributed by atoms with Gasteiger partial charge < -0.3 is 14.7 Å². The van der Waals surface area contributed by atoms with E-state index >= 15 is 0 Å². The molecule has 0 saturated heterocycles. The Morgan fingerprint density at radius 3 is 1.88 bits per heavy atom. The Morgan fingerprint density at radius 1 is 0.875 bits per heavy atom. The zero-order valence-corrected chi connectivity index (χ0v) is 16.8. The fraction of sp³-hybridized carbons (Fsp3) is 0.625. The number of nitrogens with one attached hydrogen (secondary N) is 1. The van der Waals surface area contributed by atoms with Gasteiger partial charge in [-0.3, -0.25) is 9.13 Å². The predicted octanol–water partition coefficient (Wildman–Crippen LogP) is 4.32. The van der Waals surface area contributed by atoms with Crippen LogP contribution < -0.4 is 5.09 Å². The largest absolute Gasteiger partial charge is 0.336 e. The van der Waals surface area contributed by atoms with Crippen LogP contribution in [0.4, 0.5) is 0 Å². The molecule has 4 N–H and O–H groups in total. The summed E-state index contributed by atoms with van der Waals surface area (Å²) in [4.78, 5) is 26.9. The maximum Gasteiger partial charge on any atom is 0.336 e. The first-order valence-electron chi connectivity index (χ1n) is 7.97. The Kier molecular flexibility index (Phi) is 11.0. The molecule has 0 aliphatic heterocycles. The van der Waals surface area contributed by atoms with Gasteiger partial charge in [0.2, 0.25) is 0 Å². The van der Waals surface area contributed by atoms with Gasteiger partial charge in [0.05, 0.1) is 0 Å². The van der Waals surface area contributed by atoms with Crippen molar-refractivity contribution in [2.75, 3.05) is 12.4 Å². The van der Waals surface area contributed by atoms with Crippen LogP contribution in [0.15, 0.2) is 34.9 Å². The number of hydrogen-bond donors (Lipinski definition) is 4. The molecule has 0 aliphatic carbocycles. The highest BCUT2D eigenvalue weighted by atomic mass is 31.2. The Balaban J connectivity index is 4.18. The number of allylic oxidation sites excluding steroid dienone is 5. The molecule has 0 radical (unpaired) electrons. The van der Waals surface area contributed by atoms with E-state index in [4.69, 9.17) is 9.79 Å². The van der Waals surface area contributed by atoms with E-state index in [0.717, 1.165) is 31.3 Å². The van der Waals surface area contributed by atoms with E-state index in [0.29, 0.717) is 0 Å². The summed E-state index contributed by atoms with van der Waals surface area (Å²) >= 11 is 0. The van der Waals surface area contributed by atoms with Gasteiger partial charge in [-0.25, -0.2) is 5.09 Å². The van der Waals surface area contributed by atoms with Crippen LogP contribution in [-0.2, 0) is 9.13 Å². The molecule has 8 heteroatoms. The maximum atomic E-state index is 11.6. The fourth-order valence-corrected chi connectivity index (χ4v) is 4.78. The molecule has 24 heavy (non-hydrogen) atoms. The molecule has 6 nitrogen and oxygen atoms in total. The van der Waals surface area contributed by atoms with Gasteiger partial charge in [-0.2, -0.15) is 0 Å². The van der Waals surface area contributed by atoms with Crippen molar-refractivity contribution in [2.24, 2.45) is 0 Å². The fourth-order valence-electron chi connectivity index (χ4n) is 2.00. The lowest BCUT2D eigenvalue weighted by molar-refractivity contribution is 0.375. The minimum atomic E-state index is -4.50. The van der Waals surface area contributed by atoms with Crippen LogP contribution in [0.1, 0.15) is 53.4 Å². The van der Waals surface area contributed by atoms with E-state index in [1.807, 2.05) is 6.92 Å². The molecule has 0 bridgehead atoms. The van der Waals surface area contributed by atoms with Crippen molar-refractivity contribution in [3.05, 3.63) is 34.9 Å². The molecule has 0 rings (SSSR count). The number of hydrogen-bond acceptors (Lipinski definition) is 2. The van der Waals surface area contributed by atoms with Crippen LogP contribution in [0, 0.1) is 0 Å². The topological polar surface area (TPSA) is 107 Å². The van der Waals surface area contributed by atoms with Crippen molar-refractivity contribution in [3.8, 4) is 0 Å². The van der Waals surface area contributed by atoms with Crippen LogP contribution in [-0.4, -0.2) is 27.1 Å². The van der Waals surface area contributed by atoms with Crippen LogP contribution in [0.2, 0.25) is 0 Å². The highest BCUT2D eigenvalue weighted by Crippen LogP contribution is 2.51. The minimum absolute atomic E-state index is 0.114. The second-order valence-corrected chi connectivity index (χ2v) is 10.5. The van der Waals surface area contributed by atoms with Gasteiger partial charge in [0.1, 0.15) is 5.90 Å². The average Bonchev–Trinajstić information content (AvgIpc) is 2.34. The van der Waals surface area contributed by atoms with Gasteiger partial charge in [-0.1, -0.05) is 34.9 Å². The van der Waals surface area contributed by atoms with Crippen LogP contribution in [0.5, 0.6) is 0 Å². The van der Waals surface area contributed by atoms with E-state index in [9.17, 15) is 14.0 Å². The molecule has 0 aromatic rings. The van der Waals surface area contributed by atoms with Gasteiger partial charge in [0.15, 0.2) is 0 Å². The van der Waals surface area contributed by atoms with Crippen LogP contribution in [0.3, 0.4) is 0 Å². The molecular formula is C16H31NO5P2. The van der Waals surface area contributed by atoms with E-state index in [2.05, 4.69) is 38.0 Å². The smallest absolute Gasteiger partial charge is 0.333 e. The summed E-state index contributed by atoms with van der Waals surface area (Å²) in [5.74, 6) is -1.04. The lowest BCUT2D eigenvalue weighted by atomic mass is 10.1. The van der Waals surface area contributed by atoms with E-state index in [1.165, 1.54) is 11.1 Å². The van der Waals surface area contributed by atoms with Crippen LogP contribution in [0.25, 0.3) is 0 Å². The zero-order chi connectivity index (χ0) is 18.8. The van der Waals surface area contributed by atoms with Gasteiger partial charge >= 0.3 is 7.60 Å². The number of rotatable bonds is 11. The van der Waals surface area contributed by atoms with E-state index in [-0.39, 0.29) is 6.54 Å². The third-order valence-corrected chi connectivity index (χ3v) is 6.97. The standard InChI is InChI=1S/C16H31NO5P2/c1-14(2)7-5-8-15(3)9-6-10-16(4)11-12-17-23(18,19)13-24(20,21)22/h7,9,11H,5-6,8,10,12-13H2,1-4H3,(H2,17,18,19)(H2,20,21,22)/b15-9+,16-11+. The van der Waals surface area contributed by atoms with Gasteiger partial charge in [-0.15, -0.1) is 0 Å². The Labute approximate surface area is 145 Å². The molecule has 0 fully saturated rings. The summed E-state index contributed by atoms with van der Waals surface area (Å²) in [5.41, 5.74) is 3.74. The van der Waals surface area contributed by atoms with E-state index < -0.39 is 21.0 Å². The molecule has 0 heterocycles. The van der Waals surface area contributed by atoms with Gasteiger partial charge in [-0.05, 0) is 53.4 Å². The zero-order valence-electron chi connectivity index (χ0n) is 15.0. The Bertz CT molecular complexity index is 571. The predicted molar refractivity (Wildman–Crippen MR) is 100 cm³/mol. The third kappa shape index (κ3) is 15.1. The second-order valence-electron chi connectivity index (χ2n) is 6.33. The van der Waals surface area contributed by atoms with Gasteiger partial charge in [0, 0.05) is 6.54 Å². The van der Waals surface area contributed by atoms with Crippen molar-refractivity contribution in [1.29, 1.82) is 0 Å². The summed E-state index contributed by atoms with van der Waals surface area (Å²) in [5, 5.41) is 2.30. The molecule has 0 aromatic carbocycles. The first-order valence-corrected chi connectivity index (χ1v) is 11.6. The summed E-state index contributed by atoms with van der Waals surface area (Å²) < 4.78 is 22.3. The first-order chi connectivity index (χ1) is 10.9. The molecule has 0 saturated carbocycles. The molecular weight excluding hydrogens is 348 g/mol. The first kappa shape index (κ1) is 23.5. The van der Waals surface area contributed by atoms with Crippen molar-refractivity contribution in [1.82, 2.24) is 5.09 Å². The summed E-state index contributed by atoms with van der Waals surface area (Å²) in [6.07, 6.45) is 10.0. The van der Waals surface area contributed by atoms with Crippen molar-refractivity contribution >= 4 is 15.1 Å². The average molecular weight is 379 g/mol. The summed E-state index contributed by atoms with van der Waals surface area (Å²) in [7, 11) is -8.51. The highest BCUT2D eigenvalue weighted by molar-refractivity contribution is 7.71. The minimum Gasteiger partial charge on any atom is -0.333 e. The van der Waals surface area contributed by atoms with Crippen molar-refractivity contribution in [2.45, 2.75) is 53.4 Å². The monoisotopic (exact) mass is 379 g/mol. The third-order valence-electron chi connectivity index (χ3n) is 3.29. The molecule has 0 spiro atoms. The Hall–Kier alpha value is -0.480. The van der Waals surface area contributed by atoms with Crippen molar-refractivity contribution in [3.63, 3.8) is 0 Å². The van der Waals surface area contributed by atoms with Crippen LogP contribution >= 0.6 is 15.1 Å². The summed E-state index contributed by atoms with van der Waals surface area (Å²) in [6.45, 7) is 8.34. The molecule has 0 aliphatic rings. The molecule has 0 aromatic heterocycles. The van der Waals surface area contributed by atoms with Gasteiger partial charge in [0.25, 0.3) is 7.52 Å². The second kappa shape index (κ2) is 11.2.